The summed E-state index contributed by atoms with van der Waals surface area (Å²) in [6, 6.07) is 0. The molecule has 0 aromatic heterocycles. The number of hydrogen-bond donors (Lipinski definition) is 0. The van der Waals surface area contributed by atoms with Crippen molar-refractivity contribution in [3.05, 3.63) is 12.3 Å². The summed E-state index contributed by atoms with van der Waals surface area (Å²) in [5, 5.41) is 0. The Morgan fingerprint density at radius 3 is 2.29 bits per heavy atom. The predicted molar refractivity (Wildman–Crippen MR) is 70.9 cm³/mol. The number of carbonyl (C=O) groups excluding carboxylic acids is 1. The van der Waals surface area contributed by atoms with E-state index in [1.54, 1.807) is 0 Å². The minimum absolute atomic E-state index is 0.438. The van der Waals surface area contributed by atoms with Gasteiger partial charge in [-0.2, -0.15) is 0 Å². The zero-order chi connectivity index (χ0) is 12.2. The number of ketones is 1. The Morgan fingerprint density at radius 1 is 0.824 bits per heavy atom. The number of carbonyl (C=O) groups is 1. The molecule has 0 unspecified atom stereocenters. The maximum Gasteiger partial charge on any atom is 0.132 e. The van der Waals surface area contributed by atoms with Crippen LogP contribution in [0.1, 0.15) is 70.6 Å². The largest absolute Gasteiger partial charge is 0.502 e. The third-order valence-electron chi connectivity index (χ3n) is 3.24. The zero-order valence-electron chi connectivity index (χ0n) is 11.0. The molecular weight excluding hydrogens is 212 g/mol. The van der Waals surface area contributed by atoms with E-state index in [1.807, 2.05) is 6.26 Å². The molecule has 0 saturated carbocycles. The van der Waals surface area contributed by atoms with E-state index in [4.69, 9.17) is 4.74 Å². The Kier molecular flexibility index (Phi) is 8.71. The first kappa shape index (κ1) is 14.3. The SMILES string of the molecule is O=C1CCCCCCCCC=COCCCC1. The van der Waals surface area contributed by atoms with E-state index in [0.717, 1.165) is 45.1 Å². The maximum atomic E-state index is 11.5. The number of hydrogen-bond acceptors (Lipinski definition) is 2. The van der Waals surface area contributed by atoms with Crippen LogP contribution in [0.4, 0.5) is 0 Å². The summed E-state index contributed by atoms with van der Waals surface area (Å²) >= 11 is 0. The molecule has 1 heterocycles. The molecule has 2 nitrogen and oxygen atoms in total. The molecule has 0 spiro atoms. The number of allylic oxidation sites excluding steroid dienone is 1. The molecule has 0 fully saturated rings. The lowest BCUT2D eigenvalue weighted by Crippen LogP contribution is -1.99. The van der Waals surface area contributed by atoms with Gasteiger partial charge in [-0.05, 0) is 38.2 Å². The van der Waals surface area contributed by atoms with Gasteiger partial charge in [-0.1, -0.05) is 25.7 Å². The second kappa shape index (κ2) is 10.4. The molecular formula is C15H26O2. The lowest BCUT2D eigenvalue weighted by molar-refractivity contribution is -0.119. The van der Waals surface area contributed by atoms with Crippen LogP contribution in [0.3, 0.4) is 0 Å². The van der Waals surface area contributed by atoms with Gasteiger partial charge in [0.15, 0.2) is 0 Å². The van der Waals surface area contributed by atoms with Crippen molar-refractivity contribution in [2.75, 3.05) is 6.61 Å². The van der Waals surface area contributed by atoms with Gasteiger partial charge < -0.3 is 4.74 Å². The molecule has 0 N–H and O–H groups in total. The van der Waals surface area contributed by atoms with Crippen molar-refractivity contribution in [2.45, 2.75) is 70.6 Å². The molecule has 0 radical (unpaired) electrons. The maximum absolute atomic E-state index is 11.5. The van der Waals surface area contributed by atoms with E-state index >= 15 is 0 Å². The molecule has 0 saturated heterocycles. The van der Waals surface area contributed by atoms with Gasteiger partial charge in [-0.25, -0.2) is 0 Å². The summed E-state index contributed by atoms with van der Waals surface area (Å²) in [5.41, 5.74) is 0. The van der Waals surface area contributed by atoms with E-state index < -0.39 is 0 Å². The van der Waals surface area contributed by atoms with Gasteiger partial charge in [0.1, 0.15) is 5.78 Å². The molecule has 0 bridgehead atoms. The smallest absolute Gasteiger partial charge is 0.132 e. The van der Waals surface area contributed by atoms with Gasteiger partial charge in [0.05, 0.1) is 12.9 Å². The Labute approximate surface area is 105 Å². The quantitative estimate of drug-likeness (QED) is 0.625. The highest BCUT2D eigenvalue weighted by molar-refractivity contribution is 5.78. The van der Waals surface area contributed by atoms with Crippen molar-refractivity contribution in [2.24, 2.45) is 0 Å². The van der Waals surface area contributed by atoms with Crippen molar-refractivity contribution in [3.63, 3.8) is 0 Å². The van der Waals surface area contributed by atoms with Gasteiger partial charge in [0, 0.05) is 12.8 Å². The van der Waals surface area contributed by atoms with Crippen LogP contribution in [0.15, 0.2) is 12.3 Å². The summed E-state index contributed by atoms with van der Waals surface area (Å²) in [6.07, 6.45) is 16.1. The van der Waals surface area contributed by atoms with Crippen molar-refractivity contribution < 1.29 is 9.53 Å². The molecule has 0 aromatic carbocycles. The van der Waals surface area contributed by atoms with Gasteiger partial charge in [-0.3, -0.25) is 4.79 Å². The number of ether oxygens (including phenoxy) is 1. The van der Waals surface area contributed by atoms with E-state index in [1.165, 1.54) is 32.1 Å². The highest BCUT2D eigenvalue weighted by atomic mass is 16.5. The van der Waals surface area contributed by atoms with Crippen LogP contribution in [-0.4, -0.2) is 12.4 Å². The van der Waals surface area contributed by atoms with Crippen LogP contribution < -0.4 is 0 Å². The first-order valence-corrected chi connectivity index (χ1v) is 7.18. The molecule has 1 rings (SSSR count). The van der Waals surface area contributed by atoms with E-state index in [2.05, 4.69) is 6.08 Å². The summed E-state index contributed by atoms with van der Waals surface area (Å²) < 4.78 is 5.38. The molecule has 0 amide bonds. The molecule has 1 aliphatic rings. The fraction of sp³-hybridized carbons (Fsp3) is 0.800. The third-order valence-corrected chi connectivity index (χ3v) is 3.24. The zero-order valence-corrected chi connectivity index (χ0v) is 11.0. The van der Waals surface area contributed by atoms with Crippen LogP contribution in [0.2, 0.25) is 0 Å². The topological polar surface area (TPSA) is 26.3 Å². The summed E-state index contributed by atoms with van der Waals surface area (Å²) in [4.78, 5) is 11.5. The monoisotopic (exact) mass is 238 g/mol. The predicted octanol–water partition coefficient (Wildman–Crippen LogP) is 4.39. The van der Waals surface area contributed by atoms with Gasteiger partial charge >= 0.3 is 0 Å². The molecule has 17 heavy (non-hydrogen) atoms. The first-order valence-electron chi connectivity index (χ1n) is 7.18. The molecule has 0 aliphatic carbocycles. The van der Waals surface area contributed by atoms with Crippen molar-refractivity contribution in [1.82, 2.24) is 0 Å². The van der Waals surface area contributed by atoms with E-state index in [0.29, 0.717) is 5.78 Å². The average Bonchev–Trinajstić information content (AvgIpc) is 2.32. The van der Waals surface area contributed by atoms with Crippen LogP contribution in [0.5, 0.6) is 0 Å². The van der Waals surface area contributed by atoms with Crippen LogP contribution >= 0.6 is 0 Å². The van der Waals surface area contributed by atoms with Crippen LogP contribution in [0.25, 0.3) is 0 Å². The van der Waals surface area contributed by atoms with Gasteiger partial charge in [0.25, 0.3) is 0 Å². The highest BCUT2D eigenvalue weighted by Crippen LogP contribution is 2.11. The standard InChI is InChI=1S/C15H26O2/c16-15-11-7-5-3-1-2-4-6-9-13-17-14-10-8-12-15/h9,13H,1-8,10-12,14H2. The molecule has 0 atom stereocenters. The summed E-state index contributed by atoms with van der Waals surface area (Å²) in [7, 11) is 0. The summed E-state index contributed by atoms with van der Waals surface area (Å²) in [5.74, 6) is 0.438. The normalized spacial score (nSPS) is 22.0. The lowest BCUT2D eigenvalue weighted by atomic mass is 10.0. The third kappa shape index (κ3) is 8.96. The second-order valence-electron chi connectivity index (χ2n) is 4.90. The molecule has 0 aromatic rings. The summed E-state index contributed by atoms with van der Waals surface area (Å²) in [6.45, 7) is 0.754. The van der Waals surface area contributed by atoms with E-state index in [9.17, 15) is 4.79 Å². The van der Waals surface area contributed by atoms with Crippen molar-refractivity contribution >= 4 is 5.78 Å². The highest BCUT2D eigenvalue weighted by Gasteiger charge is 2.01. The van der Waals surface area contributed by atoms with E-state index in [-0.39, 0.29) is 0 Å². The Bertz CT molecular complexity index is 221. The minimum atomic E-state index is 0.438. The van der Waals surface area contributed by atoms with Gasteiger partial charge in [-0.15, -0.1) is 0 Å². The Morgan fingerprint density at radius 2 is 1.47 bits per heavy atom. The van der Waals surface area contributed by atoms with Crippen molar-refractivity contribution in [3.8, 4) is 0 Å². The fourth-order valence-corrected chi connectivity index (χ4v) is 2.13. The number of rotatable bonds is 0. The average molecular weight is 238 g/mol. The second-order valence-corrected chi connectivity index (χ2v) is 4.90. The molecule has 1 aliphatic heterocycles. The van der Waals surface area contributed by atoms with Gasteiger partial charge in [0.2, 0.25) is 0 Å². The Balaban J connectivity index is 2.18. The minimum Gasteiger partial charge on any atom is -0.502 e. The lowest BCUT2D eigenvalue weighted by Gasteiger charge is -2.04. The Hall–Kier alpha value is -0.790. The van der Waals surface area contributed by atoms with Crippen LogP contribution in [-0.2, 0) is 9.53 Å². The fourth-order valence-electron chi connectivity index (χ4n) is 2.13. The first-order chi connectivity index (χ1) is 8.39. The van der Waals surface area contributed by atoms with Crippen LogP contribution in [0, 0.1) is 0 Å². The number of Topliss-reactive ketones (excluding diaryl/α,β-unsaturated/α-hetero) is 1. The van der Waals surface area contributed by atoms with Crippen molar-refractivity contribution in [1.29, 1.82) is 0 Å². The molecule has 2 heteroatoms. The molecule has 98 valence electrons.